The number of pyridine rings is 1. The average Bonchev–Trinajstić information content (AvgIpc) is 2.79. The van der Waals surface area contributed by atoms with Crippen LogP contribution in [0.25, 0.3) is 17.0 Å². The number of rotatable bonds is 7. The minimum Gasteiger partial charge on any atom is -0.494 e. The maximum absolute atomic E-state index is 5.58. The van der Waals surface area contributed by atoms with Crippen LogP contribution in [0.3, 0.4) is 0 Å². The van der Waals surface area contributed by atoms with Crippen LogP contribution in [-0.2, 0) is 0 Å². The van der Waals surface area contributed by atoms with Crippen molar-refractivity contribution in [2.45, 2.75) is 13.8 Å². The highest BCUT2D eigenvalue weighted by Gasteiger charge is 2.14. The smallest absolute Gasteiger partial charge is 0.145 e. The Kier molecular flexibility index (Phi) is 6.18. The van der Waals surface area contributed by atoms with E-state index in [1.807, 2.05) is 43.3 Å². The van der Waals surface area contributed by atoms with Crippen molar-refractivity contribution in [3.63, 3.8) is 0 Å². The highest BCUT2D eigenvalue weighted by molar-refractivity contribution is 6.00. The molecule has 0 bridgehead atoms. The fraction of sp³-hybridized carbons (Fsp3) is 0.148. The van der Waals surface area contributed by atoms with Gasteiger partial charge in [-0.15, -0.1) is 0 Å². The molecule has 31 heavy (non-hydrogen) atoms. The van der Waals surface area contributed by atoms with E-state index in [1.54, 1.807) is 7.11 Å². The van der Waals surface area contributed by atoms with E-state index < -0.39 is 0 Å². The number of anilines is 3. The third-order valence-corrected chi connectivity index (χ3v) is 5.31. The Balaban J connectivity index is 1.75. The van der Waals surface area contributed by atoms with Crippen LogP contribution in [-0.4, -0.2) is 18.6 Å². The van der Waals surface area contributed by atoms with Gasteiger partial charge in [-0.3, -0.25) is 0 Å². The molecular weight excluding hydrogens is 382 g/mol. The molecule has 0 aliphatic carbocycles. The Morgan fingerprint density at radius 3 is 2.45 bits per heavy atom. The summed E-state index contributed by atoms with van der Waals surface area (Å²) >= 11 is 0. The van der Waals surface area contributed by atoms with Gasteiger partial charge in [0.15, 0.2) is 0 Å². The summed E-state index contributed by atoms with van der Waals surface area (Å²) in [5, 5.41) is 8.12. The quantitative estimate of drug-likeness (QED) is 0.355. The number of methoxy groups -OCH3 is 1. The van der Waals surface area contributed by atoms with Crippen LogP contribution in [0.15, 0.2) is 78.9 Å². The summed E-state index contributed by atoms with van der Waals surface area (Å²) in [6.07, 6.45) is 4.27. The first-order valence-electron chi connectivity index (χ1n) is 10.4. The molecule has 0 amide bonds. The molecule has 0 aliphatic rings. The number of hydrogen-bond acceptors (Lipinski definition) is 4. The number of benzene rings is 3. The van der Waals surface area contributed by atoms with Crippen LogP contribution in [0.1, 0.15) is 16.8 Å². The van der Waals surface area contributed by atoms with E-state index in [0.29, 0.717) is 0 Å². The van der Waals surface area contributed by atoms with Gasteiger partial charge >= 0.3 is 0 Å². The minimum absolute atomic E-state index is 0.726. The van der Waals surface area contributed by atoms with Crippen molar-refractivity contribution in [2.24, 2.45) is 0 Å². The average molecular weight is 410 g/mol. The zero-order valence-corrected chi connectivity index (χ0v) is 18.1. The zero-order valence-electron chi connectivity index (χ0n) is 18.1. The molecule has 0 atom stereocenters. The predicted octanol–water partition coefficient (Wildman–Crippen LogP) is 6.73. The fourth-order valence-corrected chi connectivity index (χ4v) is 3.65. The number of nitrogens with one attached hydrogen (secondary N) is 2. The number of aromatic nitrogens is 1. The van der Waals surface area contributed by atoms with Crippen molar-refractivity contribution in [1.29, 1.82) is 0 Å². The SMILES string of the molecule is COc1cccc2c(Nc3ccccc3C)c(C=CCNc3ccccc3)c(C)nc12. The molecule has 4 aromatic rings. The second-order valence-electron chi connectivity index (χ2n) is 7.43. The second-order valence-corrected chi connectivity index (χ2v) is 7.43. The van der Waals surface area contributed by atoms with Gasteiger partial charge in [0.25, 0.3) is 0 Å². The van der Waals surface area contributed by atoms with Crippen molar-refractivity contribution in [3.05, 3.63) is 95.7 Å². The van der Waals surface area contributed by atoms with E-state index in [9.17, 15) is 0 Å². The molecule has 1 heterocycles. The summed E-state index contributed by atoms with van der Waals surface area (Å²) in [4.78, 5) is 4.87. The first-order valence-corrected chi connectivity index (χ1v) is 10.4. The van der Waals surface area contributed by atoms with Gasteiger partial charge in [0.2, 0.25) is 0 Å². The number of aryl methyl sites for hydroxylation is 2. The summed E-state index contributed by atoms with van der Waals surface area (Å²) in [7, 11) is 1.68. The van der Waals surface area contributed by atoms with Crippen LogP contribution < -0.4 is 15.4 Å². The lowest BCUT2D eigenvalue weighted by molar-refractivity contribution is 0.419. The highest BCUT2D eigenvalue weighted by Crippen LogP contribution is 2.36. The Labute approximate surface area is 183 Å². The molecule has 4 rings (SSSR count). The maximum atomic E-state index is 5.58. The summed E-state index contributed by atoms with van der Waals surface area (Å²) in [5.41, 5.74) is 7.28. The Hall–Kier alpha value is -3.79. The third-order valence-electron chi connectivity index (χ3n) is 5.31. The van der Waals surface area contributed by atoms with E-state index in [-0.39, 0.29) is 0 Å². The first-order chi connectivity index (χ1) is 15.2. The summed E-state index contributed by atoms with van der Waals surface area (Å²) in [6, 6.07) is 24.6. The van der Waals surface area contributed by atoms with Crippen LogP contribution in [0.4, 0.5) is 17.1 Å². The normalized spacial score (nSPS) is 11.1. The lowest BCUT2D eigenvalue weighted by Crippen LogP contribution is -2.02. The lowest BCUT2D eigenvalue weighted by atomic mass is 10.0. The van der Waals surface area contributed by atoms with Crippen LogP contribution in [0.5, 0.6) is 5.75 Å². The number of hydrogen-bond donors (Lipinski definition) is 2. The molecule has 0 spiro atoms. The molecule has 3 aromatic carbocycles. The van der Waals surface area contributed by atoms with E-state index >= 15 is 0 Å². The van der Waals surface area contributed by atoms with Crippen LogP contribution in [0.2, 0.25) is 0 Å². The van der Waals surface area contributed by atoms with Gasteiger partial charge in [0.1, 0.15) is 11.3 Å². The van der Waals surface area contributed by atoms with Crippen molar-refractivity contribution in [3.8, 4) is 5.75 Å². The van der Waals surface area contributed by atoms with E-state index in [2.05, 4.69) is 66.1 Å². The molecule has 0 aliphatic heterocycles. The summed E-state index contributed by atoms with van der Waals surface area (Å²) in [6.45, 7) is 4.88. The molecule has 0 saturated carbocycles. The van der Waals surface area contributed by atoms with Gasteiger partial charge in [-0.05, 0) is 43.7 Å². The van der Waals surface area contributed by atoms with Crippen LogP contribution >= 0.6 is 0 Å². The van der Waals surface area contributed by atoms with Gasteiger partial charge in [-0.1, -0.05) is 60.7 Å². The van der Waals surface area contributed by atoms with Gasteiger partial charge in [-0.25, -0.2) is 4.98 Å². The largest absolute Gasteiger partial charge is 0.494 e. The molecule has 0 fully saturated rings. The molecule has 156 valence electrons. The van der Waals surface area contributed by atoms with Gasteiger partial charge < -0.3 is 15.4 Å². The van der Waals surface area contributed by atoms with Crippen molar-refractivity contribution < 1.29 is 4.74 Å². The number of fused-ring (bicyclic) bond motifs is 1. The third kappa shape index (κ3) is 4.53. The Morgan fingerprint density at radius 2 is 1.68 bits per heavy atom. The zero-order chi connectivity index (χ0) is 21.6. The molecule has 2 N–H and O–H groups in total. The standard InChI is InChI=1S/C27H27N3O/c1-19-11-7-8-16-24(19)30-26-22(15-10-18-28-21-12-5-4-6-13-21)20(2)29-27-23(26)14-9-17-25(27)31-3/h4-17,28H,18H2,1-3H3,(H,29,30). The lowest BCUT2D eigenvalue weighted by Gasteiger charge is -2.18. The van der Waals surface area contributed by atoms with Gasteiger partial charge in [0.05, 0.1) is 12.8 Å². The molecular formula is C27H27N3O. The highest BCUT2D eigenvalue weighted by atomic mass is 16.5. The molecule has 4 nitrogen and oxygen atoms in total. The predicted molar refractivity (Wildman–Crippen MR) is 131 cm³/mol. The van der Waals surface area contributed by atoms with Gasteiger partial charge in [-0.2, -0.15) is 0 Å². The number of ether oxygens (including phenoxy) is 1. The number of nitrogens with zero attached hydrogens (tertiary/aromatic N) is 1. The van der Waals surface area contributed by atoms with Crippen molar-refractivity contribution in [2.75, 3.05) is 24.3 Å². The molecule has 4 heteroatoms. The number of para-hydroxylation sites is 3. The van der Waals surface area contributed by atoms with E-state index in [1.165, 1.54) is 5.56 Å². The first kappa shape index (κ1) is 20.5. The molecule has 0 radical (unpaired) electrons. The second kappa shape index (κ2) is 9.35. The van der Waals surface area contributed by atoms with Crippen LogP contribution in [0, 0.1) is 13.8 Å². The summed E-state index contributed by atoms with van der Waals surface area (Å²) in [5.74, 6) is 0.773. The Bertz CT molecular complexity index is 1220. The monoisotopic (exact) mass is 409 g/mol. The van der Waals surface area contributed by atoms with Crippen molar-refractivity contribution in [1.82, 2.24) is 4.98 Å². The minimum atomic E-state index is 0.726. The maximum Gasteiger partial charge on any atom is 0.145 e. The summed E-state index contributed by atoms with van der Waals surface area (Å²) < 4.78 is 5.58. The van der Waals surface area contributed by atoms with E-state index in [4.69, 9.17) is 9.72 Å². The van der Waals surface area contributed by atoms with E-state index in [0.717, 1.165) is 51.5 Å². The topological polar surface area (TPSA) is 46.2 Å². The Morgan fingerprint density at radius 1 is 0.903 bits per heavy atom. The molecule has 0 unspecified atom stereocenters. The molecule has 0 saturated heterocycles. The van der Waals surface area contributed by atoms with Crippen molar-refractivity contribution >= 4 is 34.0 Å². The molecule has 1 aromatic heterocycles. The fourth-order valence-electron chi connectivity index (χ4n) is 3.65. The van der Waals surface area contributed by atoms with Gasteiger partial charge in [0, 0.05) is 34.6 Å².